The van der Waals surface area contributed by atoms with Crippen LogP contribution in [0.5, 0.6) is 0 Å². The van der Waals surface area contributed by atoms with E-state index in [0.717, 1.165) is 116 Å². The highest BCUT2D eigenvalue weighted by molar-refractivity contribution is 5.70. The minimum Gasteiger partial charge on any atom is -0.463 e. The van der Waals surface area contributed by atoms with Gasteiger partial charge in [-0.3, -0.25) is 14.4 Å². The molecule has 0 aromatic heterocycles. The van der Waals surface area contributed by atoms with Crippen molar-refractivity contribution >= 4 is 17.9 Å². The van der Waals surface area contributed by atoms with Crippen LogP contribution < -0.4 is 0 Å². The van der Waals surface area contributed by atoms with Crippen LogP contribution in [0.3, 0.4) is 0 Å². The van der Waals surface area contributed by atoms with Crippen molar-refractivity contribution in [2.45, 2.75) is 317 Å². The molecule has 4 fully saturated rings. The standard InChI is InChI=1S/C56H100O21/c1-4-7-10-13-16-17-20-23-26-29-38-32-44(59)71-35-40-46(61)49(64)52(67)55(76-40)73-36(27-24-21-18-14-11-8-5-2)30-42(57)69-33-39-45(60)48(63)51(66)54(75-39)72-37(28-25-22-19-15-12-9-6-3)31-43(58)70-34-41-47(62)50(65)53(68)56(74-38)77-41/h36-41,45-56,60-68H,4-35H2,1-3H3/t36-,37-,38-,39?,40?,41?,45?,46?,47?,48?,49?,50?,51?,52?,53?,54?,55?,56?/m1/s1. The molecule has 4 saturated heterocycles. The van der Waals surface area contributed by atoms with Crippen LogP contribution in [0.15, 0.2) is 0 Å². The minimum absolute atomic E-state index is 0.288. The van der Waals surface area contributed by atoms with Gasteiger partial charge in [-0.25, -0.2) is 0 Å². The van der Waals surface area contributed by atoms with Crippen molar-refractivity contribution in [2.75, 3.05) is 19.8 Å². The van der Waals surface area contributed by atoms with E-state index in [2.05, 4.69) is 20.8 Å². The number of fused-ring (bicyclic) bond motifs is 6. The van der Waals surface area contributed by atoms with Gasteiger partial charge >= 0.3 is 17.9 Å². The molecule has 21 nitrogen and oxygen atoms in total. The Morgan fingerprint density at radius 1 is 0.299 bits per heavy atom. The van der Waals surface area contributed by atoms with Crippen LogP contribution in [-0.2, 0) is 57.0 Å². The zero-order valence-corrected chi connectivity index (χ0v) is 46.4. The van der Waals surface area contributed by atoms with Crippen molar-refractivity contribution < 1.29 is 103 Å². The van der Waals surface area contributed by atoms with E-state index >= 15 is 0 Å². The monoisotopic (exact) mass is 1110 g/mol. The van der Waals surface area contributed by atoms with Gasteiger partial charge in [-0.05, 0) is 19.3 Å². The summed E-state index contributed by atoms with van der Waals surface area (Å²) in [7, 11) is 0. The van der Waals surface area contributed by atoms with E-state index in [1.165, 1.54) is 12.8 Å². The Morgan fingerprint density at radius 2 is 0.519 bits per heavy atom. The van der Waals surface area contributed by atoms with Crippen molar-refractivity contribution in [3.8, 4) is 0 Å². The van der Waals surface area contributed by atoms with E-state index in [1.807, 2.05) is 0 Å². The van der Waals surface area contributed by atoms with Crippen molar-refractivity contribution in [1.29, 1.82) is 0 Å². The lowest BCUT2D eigenvalue weighted by atomic mass is 9.98. The molecule has 4 heterocycles. The third kappa shape index (κ3) is 24.0. The summed E-state index contributed by atoms with van der Waals surface area (Å²) < 4.78 is 53.1. The van der Waals surface area contributed by atoms with Gasteiger partial charge in [-0.15, -0.1) is 0 Å². The Hall–Kier alpha value is -2.19. The van der Waals surface area contributed by atoms with E-state index in [-0.39, 0.29) is 19.3 Å². The van der Waals surface area contributed by atoms with Gasteiger partial charge in [-0.1, -0.05) is 168 Å². The summed E-state index contributed by atoms with van der Waals surface area (Å²) in [6, 6.07) is 0. The maximum absolute atomic E-state index is 13.6. The molecule has 18 atom stereocenters. The fourth-order valence-corrected chi connectivity index (χ4v) is 10.3. The number of esters is 3. The maximum atomic E-state index is 13.6. The molecule has 77 heavy (non-hydrogen) atoms. The summed E-state index contributed by atoms with van der Waals surface area (Å²) >= 11 is 0. The first-order chi connectivity index (χ1) is 37.1. The maximum Gasteiger partial charge on any atom is 0.308 e. The zero-order valence-electron chi connectivity index (χ0n) is 46.4. The molecule has 0 aromatic rings. The number of carbonyl (C=O) groups excluding carboxylic acids is 3. The summed E-state index contributed by atoms with van der Waals surface area (Å²) in [4.78, 5) is 40.8. The normalized spacial score (nSPS) is 35.6. The number of aliphatic hydroxyl groups excluding tert-OH is 9. The summed E-state index contributed by atoms with van der Waals surface area (Å²) in [6.07, 6.45) is -5.91. The van der Waals surface area contributed by atoms with Crippen molar-refractivity contribution in [3.05, 3.63) is 0 Å². The second-order valence-corrected chi connectivity index (χ2v) is 21.9. The van der Waals surface area contributed by atoms with Crippen LogP contribution >= 0.6 is 0 Å². The van der Waals surface area contributed by atoms with Crippen LogP contribution in [0.1, 0.15) is 207 Å². The van der Waals surface area contributed by atoms with Crippen LogP contribution in [0, 0.1) is 0 Å². The van der Waals surface area contributed by atoms with Crippen LogP contribution in [0.4, 0.5) is 0 Å². The molecule has 0 aromatic carbocycles. The Balaban J connectivity index is 1.60. The van der Waals surface area contributed by atoms with Gasteiger partial charge in [0.2, 0.25) is 0 Å². The molecule has 0 spiro atoms. The average Bonchev–Trinajstić information content (AvgIpc) is 3.41. The molecule has 4 aliphatic heterocycles. The molecule has 6 bridgehead atoms. The second kappa shape index (κ2) is 37.7. The van der Waals surface area contributed by atoms with Crippen molar-refractivity contribution in [3.63, 3.8) is 0 Å². The number of ether oxygens (including phenoxy) is 9. The third-order valence-electron chi connectivity index (χ3n) is 15.3. The highest BCUT2D eigenvalue weighted by atomic mass is 16.7. The Morgan fingerprint density at radius 3 is 0.753 bits per heavy atom. The van der Waals surface area contributed by atoms with Gasteiger partial charge in [-0.2, -0.15) is 0 Å². The molecule has 15 unspecified atom stereocenters. The number of carbonyl (C=O) groups is 3. The number of hydrogen-bond acceptors (Lipinski definition) is 21. The summed E-state index contributed by atoms with van der Waals surface area (Å²) in [5.41, 5.74) is 0. The predicted molar refractivity (Wildman–Crippen MR) is 278 cm³/mol. The zero-order chi connectivity index (χ0) is 56.1. The molecule has 450 valence electrons. The quantitative estimate of drug-likeness (QED) is 0.0325. The Kier molecular flexibility index (Phi) is 33.0. The Labute approximate surface area is 456 Å². The smallest absolute Gasteiger partial charge is 0.308 e. The van der Waals surface area contributed by atoms with Gasteiger partial charge in [0.1, 0.15) is 93.1 Å². The number of cyclic esters (lactones) is 3. The number of aliphatic hydroxyl groups is 9. The van der Waals surface area contributed by atoms with Crippen LogP contribution in [-0.4, -0.2) is 194 Å². The fraction of sp³-hybridized carbons (Fsp3) is 0.946. The second-order valence-electron chi connectivity index (χ2n) is 21.9. The Bertz CT molecular complexity index is 1580. The van der Waals surface area contributed by atoms with E-state index in [9.17, 15) is 60.3 Å². The largest absolute Gasteiger partial charge is 0.463 e. The number of rotatable bonds is 26. The molecule has 9 N–H and O–H groups in total. The third-order valence-corrected chi connectivity index (χ3v) is 15.3. The van der Waals surface area contributed by atoms with Crippen molar-refractivity contribution in [2.24, 2.45) is 0 Å². The van der Waals surface area contributed by atoms with E-state index < -0.39 is 167 Å². The van der Waals surface area contributed by atoms with Crippen molar-refractivity contribution in [1.82, 2.24) is 0 Å². The molecule has 0 radical (unpaired) electrons. The summed E-state index contributed by atoms with van der Waals surface area (Å²) in [6.45, 7) is 4.61. The first-order valence-electron chi connectivity index (χ1n) is 29.6. The van der Waals surface area contributed by atoms with Gasteiger partial charge in [0.15, 0.2) is 18.9 Å². The molecule has 4 aliphatic rings. The molecule has 0 aliphatic carbocycles. The molecule has 0 saturated carbocycles. The SMILES string of the molecule is CCCCCCCCCCC[C@@H]1CC(=O)OCC2OC(O[C@H](CCCCCCCCC)CC(=O)OCC3OC(O[C@H](CCCCCCCCC)CC(=O)OCC4OC(O1)C(O)C(O)C4O)C(O)C(O)C3O)C(O)C(O)C2O. The molecule has 21 heteroatoms. The molecular weight excluding hydrogens is 1010 g/mol. The minimum atomic E-state index is -1.82. The molecule has 4 rings (SSSR count). The lowest BCUT2D eigenvalue weighted by molar-refractivity contribution is -0.314. The highest BCUT2D eigenvalue weighted by Crippen LogP contribution is 2.30. The first-order valence-corrected chi connectivity index (χ1v) is 29.6. The highest BCUT2D eigenvalue weighted by Gasteiger charge is 2.49. The van der Waals surface area contributed by atoms with Gasteiger partial charge in [0, 0.05) is 0 Å². The van der Waals surface area contributed by atoms with Crippen LogP contribution in [0.2, 0.25) is 0 Å². The van der Waals surface area contributed by atoms with Gasteiger partial charge < -0.3 is 88.6 Å². The van der Waals surface area contributed by atoms with Gasteiger partial charge in [0.25, 0.3) is 0 Å². The topological polar surface area (TPSA) is 316 Å². The lowest BCUT2D eigenvalue weighted by Gasteiger charge is -2.41. The summed E-state index contributed by atoms with van der Waals surface area (Å²) in [5.74, 6) is -2.46. The van der Waals surface area contributed by atoms with E-state index in [0.29, 0.717) is 19.3 Å². The predicted octanol–water partition coefficient (Wildman–Crippen LogP) is 4.58. The molecular formula is C56H100O21. The first kappa shape index (κ1) is 67.3. The van der Waals surface area contributed by atoms with Gasteiger partial charge in [0.05, 0.1) is 37.6 Å². The average molecular weight is 1110 g/mol. The van der Waals surface area contributed by atoms with E-state index in [4.69, 9.17) is 42.6 Å². The molecule has 0 amide bonds. The summed E-state index contributed by atoms with van der Waals surface area (Å²) in [5, 5.41) is 99.4. The number of hydrogen-bond donors (Lipinski definition) is 9. The fourth-order valence-electron chi connectivity index (χ4n) is 10.3. The number of unbranched alkanes of at least 4 members (excludes halogenated alkanes) is 20. The van der Waals surface area contributed by atoms with Crippen LogP contribution in [0.25, 0.3) is 0 Å². The lowest BCUT2D eigenvalue weighted by Crippen LogP contribution is -2.60. The van der Waals surface area contributed by atoms with E-state index in [1.54, 1.807) is 0 Å².